The van der Waals surface area contributed by atoms with E-state index in [1.54, 1.807) is 24.3 Å². The summed E-state index contributed by atoms with van der Waals surface area (Å²) in [4.78, 5) is 12.3. The van der Waals surface area contributed by atoms with Crippen LogP contribution in [-0.4, -0.2) is 27.5 Å². The average Bonchev–Trinajstić information content (AvgIpc) is 3.19. The number of amides is 1. The smallest absolute Gasteiger partial charge is 0.264 e. The summed E-state index contributed by atoms with van der Waals surface area (Å²) in [5.74, 6) is 0.252. The maximum absolute atomic E-state index is 13.0. The first kappa shape index (κ1) is 20.4. The quantitative estimate of drug-likeness (QED) is 0.565. The van der Waals surface area contributed by atoms with Gasteiger partial charge in [-0.1, -0.05) is 34.1 Å². The molecule has 0 atom stereocenters. The van der Waals surface area contributed by atoms with Gasteiger partial charge in [-0.25, -0.2) is 8.42 Å². The predicted molar refractivity (Wildman–Crippen MR) is 119 cm³/mol. The molecule has 3 aromatic carbocycles. The molecule has 0 bridgehead atoms. The summed E-state index contributed by atoms with van der Waals surface area (Å²) in [5.41, 5.74) is 2.25. The molecule has 0 radical (unpaired) electrons. The van der Waals surface area contributed by atoms with Crippen LogP contribution in [0.4, 0.5) is 11.4 Å². The van der Waals surface area contributed by atoms with Gasteiger partial charge in [-0.05, 0) is 66.6 Å². The van der Waals surface area contributed by atoms with Gasteiger partial charge in [0.25, 0.3) is 15.9 Å². The monoisotopic (exact) mass is 486 g/mol. The zero-order chi connectivity index (χ0) is 21.1. The molecule has 6 nitrogen and oxygen atoms in total. The summed E-state index contributed by atoms with van der Waals surface area (Å²) in [6, 6.07) is 20.8. The molecule has 0 spiro atoms. The summed E-state index contributed by atoms with van der Waals surface area (Å²) < 4.78 is 33.9. The van der Waals surface area contributed by atoms with E-state index in [0.717, 1.165) is 15.7 Å². The molecule has 3 aromatic rings. The standard InChI is InChI=1S/C22H19BrN2O4S/c23-17-5-9-19(10-6-17)29-15-22(26)24-18-7-11-20(12-8-18)30(27,28)25-14-13-16-3-1-2-4-21(16)25/h1-12H,13-15H2,(H,24,26). The fourth-order valence-electron chi connectivity index (χ4n) is 3.27. The highest BCUT2D eigenvalue weighted by atomic mass is 79.9. The number of nitrogens with one attached hydrogen (secondary N) is 1. The Hall–Kier alpha value is -2.84. The minimum Gasteiger partial charge on any atom is -0.484 e. The fourth-order valence-corrected chi connectivity index (χ4v) is 5.04. The lowest BCUT2D eigenvalue weighted by molar-refractivity contribution is -0.118. The maximum Gasteiger partial charge on any atom is 0.264 e. The molecule has 4 rings (SSSR count). The second-order valence-corrected chi connectivity index (χ2v) is 9.55. The lowest BCUT2D eigenvalue weighted by Gasteiger charge is -2.19. The number of carbonyl (C=O) groups is 1. The van der Waals surface area contributed by atoms with Crippen LogP contribution in [0.25, 0.3) is 0 Å². The summed E-state index contributed by atoms with van der Waals surface area (Å²) in [6.07, 6.45) is 0.696. The van der Waals surface area contributed by atoms with Crippen LogP contribution >= 0.6 is 15.9 Å². The van der Waals surface area contributed by atoms with Crippen molar-refractivity contribution in [2.45, 2.75) is 11.3 Å². The Labute approximate surface area is 183 Å². The molecule has 30 heavy (non-hydrogen) atoms. The van der Waals surface area contributed by atoms with Crippen LogP contribution in [0.2, 0.25) is 0 Å². The van der Waals surface area contributed by atoms with Crippen molar-refractivity contribution < 1.29 is 17.9 Å². The molecule has 0 aromatic heterocycles. The van der Waals surface area contributed by atoms with Crippen LogP contribution in [0.5, 0.6) is 5.75 Å². The van der Waals surface area contributed by atoms with Crippen molar-refractivity contribution in [1.82, 2.24) is 0 Å². The van der Waals surface area contributed by atoms with Gasteiger partial charge in [0.2, 0.25) is 0 Å². The third-order valence-electron chi connectivity index (χ3n) is 4.75. The molecular weight excluding hydrogens is 468 g/mol. The van der Waals surface area contributed by atoms with E-state index < -0.39 is 10.0 Å². The largest absolute Gasteiger partial charge is 0.484 e. The second-order valence-electron chi connectivity index (χ2n) is 6.77. The number of nitrogens with zero attached hydrogens (tertiary/aromatic N) is 1. The number of rotatable bonds is 6. The topological polar surface area (TPSA) is 75.7 Å². The van der Waals surface area contributed by atoms with Gasteiger partial charge in [-0.15, -0.1) is 0 Å². The SMILES string of the molecule is O=C(COc1ccc(Br)cc1)Nc1ccc(S(=O)(=O)N2CCc3ccccc32)cc1. The minimum atomic E-state index is -3.66. The fraction of sp³-hybridized carbons (Fsp3) is 0.136. The molecule has 0 aliphatic carbocycles. The summed E-state index contributed by atoms with van der Waals surface area (Å²) in [5, 5.41) is 2.71. The Morgan fingerprint density at radius 2 is 1.70 bits per heavy atom. The zero-order valence-electron chi connectivity index (χ0n) is 15.9. The van der Waals surface area contributed by atoms with Crippen LogP contribution in [-0.2, 0) is 21.2 Å². The van der Waals surface area contributed by atoms with E-state index in [0.29, 0.717) is 24.4 Å². The van der Waals surface area contributed by atoms with Crippen LogP contribution in [0.3, 0.4) is 0 Å². The van der Waals surface area contributed by atoms with E-state index in [9.17, 15) is 13.2 Å². The Balaban J connectivity index is 1.40. The number of sulfonamides is 1. The number of ether oxygens (including phenoxy) is 1. The maximum atomic E-state index is 13.0. The van der Waals surface area contributed by atoms with Crippen LogP contribution in [0.1, 0.15) is 5.56 Å². The highest BCUT2D eigenvalue weighted by Gasteiger charge is 2.30. The molecule has 0 saturated carbocycles. The van der Waals surface area contributed by atoms with Crippen molar-refractivity contribution in [3.8, 4) is 5.75 Å². The first-order chi connectivity index (χ1) is 14.4. The van der Waals surface area contributed by atoms with Crippen molar-refractivity contribution in [1.29, 1.82) is 0 Å². The lowest BCUT2D eigenvalue weighted by Crippen LogP contribution is -2.29. The average molecular weight is 487 g/mol. The first-order valence-corrected chi connectivity index (χ1v) is 11.6. The molecule has 1 N–H and O–H groups in total. The number of fused-ring (bicyclic) bond motifs is 1. The van der Waals surface area contributed by atoms with Crippen LogP contribution in [0.15, 0.2) is 82.2 Å². The summed E-state index contributed by atoms with van der Waals surface area (Å²) in [6.45, 7) is 0.278. The third kappa shape index (κ3) is 4.34. The van der Waals surface area contributed by atoms with Gasteiger partial charge in [0.15, 0.2) is 6.61 Å². The Bertz CT molecular complexity index is 1160. The highest BCUT2D eigenvalue weighted by Crippen LogP contribution is 2.32. The number of hydrogen-bond acceptors (Lipinski definition) is 4. The predicted octanol–water partition coefficient (Wildman–Crippen LogP) is 4.22. The van der Waals surface area contributed by atoms with Gasteiger partial charge in [0.1, 0.15) is 5.75 Å². The Morgan fingerprint density at radius 1 is 1.00 bits per heavy atom. The van der Waals surface area contributed by atoms with Crippen molar-refractivity contribution in [2.75, 3.05) is 22.8 Å². The third-order valence-corrected chi connectivity index (χ3v) is 7.11. The first-order valence-electron chi connectivity index (χ1n) is 9.32. The lowest BCUT2D eigenvalue weighted by atomic mass is 10.2. The Morgan fingerprint density at radius 3 is 2.43 bits per heavy atom. The summed E-state index contributed by atoms with van der Waals surface area (Å²) >= 11 is 3.34. The van der Waals surface area contributed by atoms with Gasteiger partial charge in [-0.3, -0.25) is 9.10 Å². The molecule has 0 fully saturated rings. The molecule has 1 aliphatic heterocycles. The minimum absolute atomic E-state index is 0.147. The molecule has 0 unspecified atom stereocenters. The molecule has 0 saturated heterocycles. The number of hydrogen-bond donors (Lipinski definition) is 1. The van der Waals surface area contributed by atoms with Gasteiger partial charge in [-0.2, -0.15) is 0 Å². The number of anilines is 2. The van der Waals surface area contributed by atoms with Crippen molar-refractivity contribution in [2.24, 2.45) is 0 Å². The molecule has 1 aliphatic rings. The molecular formula is C22H19BrN2O4S. The number of halogens is 1. The summed E-state index contributed by atoms with van der Waals surface area (Å²) in [7, 11) is -3.66. The normalized spacial score (nSPS) is 13.0. The number of carbonyl (C=O) groups excluding carboxylic acids is 1. The van der Waals surface area contributed by atoms with Crippen molar-refractivity contribution in [3.05, 3.63) is 82.8 Å². The number of para-hydroxylation sites is 1. The molecule has 8 heteroatoms. The molecule has 1 amide bonds. The van der Waals surface area contributed by atoms with E-state index in [1.807, 2.05) is 36.4 Å². The molecule has 154 valence electrons. The van der Waals surface area contributed by atoms with Gasteiger partial charge in [0, 0.05) is 16.7 Å². The van der Waals surface area contributed by atoms with Gasteiger partial charge in [0.05, 0.1) is 10.6 Å². The van der Waals surface area contributed by atoms with E-state index in [4.69, 9.17) is 4.74 Å². The van der Waals surface area contributed by atoms with Crippen molar-refractivity contribution >= 4 is 43.2 Å². The van der Waals surface area contributed by atoms with E-state index in [1.165, 1.54) is 16.4 Å². The Kier molecular flexibility index (Phi) is 5.78. The van der Waals surface area contributed by atoms with Crippen molar-refractivity contribution in [3.63, 3.8) is 0 Å². The zero-order valence-corrected chi connectivity index (χ0v) is 18.3. The van der Waals surface area contributed by atoms with Crippen LogP contribution < -0.4 is 14.4 Å². The van der Waals surface area contributed by atoms with Gasteiger partial charge < -0.3 is 10.1 Å². The molecule has 1 heterocycles. The van der Waals surface area contributed by atoms with E-state index in [-0.39, 0.29) is 17.4 Å². The van der Waals surface area contributed by atoms with E-state index in [2.05, 4.69) is 21.2 Å². The van der Waals surface area contributed by atoms with E-state index >= 15 is 0 Å². The highest BCUT2D eigenvalue weighted by molar-refractivity contribution is 9.10. The van der Waals surface area contributed by atoms with Crippen LogP contribution in [0, 0.1) is 0 Å². The second kappa shape index (κ2) is 8.49. The van der Waals surface area contributed by atoms with Gasteiger partial charge >= 0.3 is 0 Å². The number of benzene rings is 3.